The number of aliphatic hydroxyl groups excluding tert-OH is 1. The Bertz CT molecular complexity index is 242. The van der Waals surface area contributed by atoms with Gasteiger partial charge in [0.1, 0.15) is 0 Å². The fourth-order valence-corrected chi connectivity index (χ4v) is 1.62. The summed E-state index contributed by atoms with van der Waals surface area (Å²) < 4.78 is 0. The van der Waals surface area contributed by atoms with Crippen molar-refractivity contribution in [2.75, 3.05) is 6.61 Å². The van der Waals surface area contributed by atoms with Crippen molar-refractivity contribution in [2.24, 2.45) is 0 Å². The van der Waals surface area contributed by atoms with Crippen LogP contribution >= 0.6 is 11.3 Å². The number of nitrogens with zero attached hydrogens (tertiary/aromatic N) is 1. The van der Waals surface area contributed by atoms with E-state index in [0.717, 1.165) is 9.88 Å². The molecule has 0 saturated carbocycles. The van der Waals surface area contributed by atoms with Crippen LogP contribution in [0.4, 0.5) is 0 Å². The smallest absolute Gasteiger partial charge is 0.0896 e. The maximum atomic E-state index is 9.04. The minimum absolute atomic E-state index is 0.133. The second-order valence-electron chi connectivity index (χ2n) is 3.29. The normalized spacial score (nSPS) is 12.0. The van der Waals surface area contributed by atoms with Gasteiger partial charge in [0.05, 0.1) is 11.6 Å². The number of hydrogen-bond acceptors (Lipinski definition) is 3. The second kappa shape index (κ2) is 2.91. The Morgan fingerprint density at radius 3 is 2.64 bits per heavy atom. The molecular weight excluding hydrogens is 158 g/mol. The summed E-state index contributed by atoms with van der Waals surface area (Å²) in [6.45, 7) is 6.18. The summed E-state index contributed by atoms with van der Waals surface area (Å²) in [6, 6.07) is 0. The Kier molecular flexibility index (Phi) is 2.30. The van der Waals surface area contributed by atoms with Gasteiger partial charge in [-0.15, -0.1) is 11.3 Å². The quantitative estimate of drug-likeness (QED) is 0.735. The molecule has 0 atom stereocenters. The average Bonchev–Trinajstić information content (AvgIpc) is 2.36. The van der Waals surface area contributed by atoms with Crippen LogP contribution in [0.3, 0.4) is 0 Å². The standard InChI is InChI=1S/C8H13NOS/c1-6-9-4-7(11-6)8(2,3)5-10/h4,10H,5H2,1-3H3. The monoisotopic (exact) mass is 171 g/mol. The van der Waals surface area contributed by atoms with E-state index in [1.165, 1.54) is 0 Å². The van der Waals surface area contributed by atoms with Crippen molar-refractivity contribution in [1.82, 2.24) is 4.98 Å². The van der Waals surface area contributed by atoms with Crippen molar-refractivity contribution in [3.05, 3.63) is 16.1 Å². The van der Waals surface area contributed by atoms with Gasteiger partial charge in [-0.3, -0.25) is 0 Å². The van der Waals surface area contributed by atoms with Crippen molar-refractivity contribution in [3.8, 4) is 0 Å². The van der Waals surface area contributed by atoms with Crippen molar-refractivity contribution in [2.45, 2.75) is 26.2 Å². The summed E-state index contributed by atoms with van der Waals surface area (Å²) in [5.41, 5.74) is -0.133. The highest BCUT2D eigenvalue weighted by atomic mass is 32.1. The van der Waals surface area contributed by atoms with Gasteiger partial charge in [0.25, 0.3) is 0 Å². The van der Waals surface area contributed by atoms with Crippen LogP contribution in [0.2, 0.25) is 0 Å². The molecule has 0 aromatic carbocycles. The Morgan fingerprint density at radius 2 is 2.27 bits per heavy atom. The first-order valence-electron chi connectivity index (χ1n) is 3.60. The maximum absolute atomic E-state index is 9.04. The maximum Gasteiger partial charge on any atom is 0.0896 e. The van der Waals surface area contributed by atoms with E-state index in [4.69, 9.17) is 5.11 Å². The van der Waals surface area contributed by atoms with E-state index in [1.54, 1.807) is 11.3 Å². The van der Waals surface area contributed by atoms with E-state index >= 15 is 0 Å². The first-order chi connectivity index (χ1) is 5.06. The molecule has 1 aromatic heterocycles. The first kappa shape index (κ1) is 8.68. The summed E-state index contributed by atoms with van der Waals surface area (Å²) in [5, 5.41) is 10.1. The van der Waals surface area contributed by atoms with Crippen molar-refractivity contribution in [3.63, 3.8) is 0 Å². The Labute approximate surface area is 70.9 Å². The van der Waals surface area contributed by atoms with Crippen LogP contribution in [0.15, 0.2) is 6.20 Å². The molecule has 1 heterocycles. The molecule has 0 bridgehead atoms. The Morgan fingerprint density at radius 1 is 1.64 bits per heavy atom. The Balaban J connectivity index is 2.92. The number of aliphatic hydroxyl groups is 1. The summed E-state index contributed by atoms with van der Waals surface area (Å²) in [4.78, 5) is 5.29. The molecule has 3 heteroatoms. The predicted molar refractivity (Wildman–Crippen MR) is 47.0 cm³/mol. The molecule has 11 heavy (non-hydrogen) atoms. The molecule has 0 aliphatic rings. The zero-order valence-corrected chi connectivity index (χ0v) is 7.90. The van der Waals surface area contributed by atoms with E-state index < -0.39 is 0 Å². The van der Waals surface area contributed by atoms with E-state index in [0.29, 0.717) is 0 Å². The SMILES string of the molecule is Cc1ncc(C(C)(C)CO)s1. The van der Waals surface area contributed by atoms with Gasteiger partial charge < -0.3 is 5.11 Å². The summed E-state index contributed by atoms with van der Waals surface area (Å²) >= 11 is 1.65. The van der Waals surface area contributed by atoms with Gasteiger partial charge in [-0.1, -0.05) is 13.8 Å². The van der Waals surface area contributed by atoms with Crippen LogP contribution < -0.4 is 0 Å². The van der Waals surface area contributed by atoms with Gasteiger partial charge in [-0.25, -0.2) is 4.98 Å². The van der Waals surface area contributed by atoms with E-state index in [-0.39, 0.29) is 12.0 Å². The molecule has 1 rings (SSSR count). The molecular formula is C8H13NOS. The highest BCUT2D eigenvalue weighted by molar-refractivity contribution is 7.11. The van der Waals surface area contributed by atoms with Crippen LogP contribution in [0, 0.1) is 6.92 Å². The number of hydrogen-bond donors (Lipinski definition) is 1. The lowest BCUT2D eigenvalue weighted by molar-refractivity contribution is 0.221. The van der Waals surface area contributed by atoms with Crippen LogP contribution in [0.5, 0.6) is 0 Å². The lowest BCUT2D eigenvalue weighted by Crippen LogP contribution is -2.20. The van der Waals surface area contributed by atoms with Crippen molar-refractivity contribution < 1.29 is 5.11 Å². The lowest BCUT2D eigenvalue weighted by atomic mass is 9.94. The van der Waals surface area contributed by atoms with E-state index in [2.05, 4.69) is 4.98 Å². The van der Waals surface area contributed by atoms with Crippen LogP contribution in [-0.4, -0.2) is 16.7 Å². The first-order valence-corrected chi connectivity index (χ1v) is 4.42. The van der Waals surface area contributed by atoms with Gasteiger partial charge >= 0.3 is 0 Å². The number of aromatic nitrogens is 1. The lowest BCUT2D eigenvalue weighted by Gasteiger charge is -2.18. The van der Waals surface area contributed by atoms with Gasteiger partial charge in [0.15, 0.2) is 0 Å². The van der Waals surface area contributed by atoms with Gasteiger partial charge in [0.2, 0.25) is 0 Å². The van der Waals surface area contributed by atoms with Gasteiger partial charge in [0, 0.05) is 16.5 Å². The highest BCUT2D eigenvalue weighted by Crippen LogP contribution is 2.27. The number of rotatable bonds is 2. The third kappa shape index (κ3) is 1.79. The van der Waals surface area contributed by atoms with Gasteiger partial charge in [-0.2, -0.15) is 0 Å². The number of thiazole rings is 1. The van der Waals surface area contributed by atoms with Crippen LogP contribution in [0.25, 0.3) is 0 Å². The zero-order chi connectivity index (χ0) is 8.48. The summed E-state index contributed by atoms with van der Waals surface area (Å²) in [7, 11) is 0. The van der Waals surface area contributed by atoms with Crippen LogP contribution in [0.1, 0.15) is 23.7 Å². The molecule has 1 N–H and O–H groups in total. The molecule has 0 saturated heterocycles. The molecule has 0 aliphatic carbocycles. The fraction of sp³-hybridized carbons (Fsp3) is 0.625. The topological polar surface area (TPSA) is 33.1 Å². The second-order valence-corrected chi connectivity index (χ2v) is 4.52. The zero-order valence-electron chi connectivity index (χ0n) is 7.09. The van der Waals surface area contributed by atoms with Crippen molar-refractivity contribution in [1.29, 1.82) is 0 Å². The molecule has 2 nitrogen and oxygen atoms in total. The molecule has 0 amide bonds. The average molecular weight is 171 g/mol. The molecule has 0 unspecified atom stereocenters. The fourth-order valence-electron chi connectivity index (χ4n) is 0.752. The molecule has 1 aromatic rings. The molecule has 0 spiro atoms. The summed E-state index contributed by atoms with van der Waals surface area (Å²) in [6.07, 6.45) is 1.84. The largest absolute Gasteiger partial charge is 0.395 e. The molecule has 62 valence electrons. The van der Waals surface area contributed by atoms with Crippen LogP contribution in [-0.2, 0) is 5.41 Å². The minimum Gasteiger partial charge on any atom is -0.395 e. The number of aryl methyl sites for hydroxylation is 1. The third-order valence-corrected chi connectivity index (χ3v) is 2.96. The van der Waals surface area contributed by atoms with Gasteiger partial charge in [-0.05, 0) is 6.92 Å². The van der Waals surface area contributed by atoms with E-state index in [1.807, 2.05) is 27.0 Å². The Hall–Kier alpha value is -0.410. The summed E-state index contributed by atoms with van der Waals surface area (Å²) in [5.74, 6) is 0. The van der Waals surface area contributed by atoms with E-state index in [9.17, 15) is 0 Å². The molecule has 0 aliphatic heterocycles. The molecule has 0 fully saturated rings. The highest BCUT2D eigenvalue weighted by Gasteiger charge is 2.21. The minimum atomic E-state index is -0.133. The molecule has 0 radical (unpaired) electrons. The third-order valence-electron chi connectivity index (χ3n) is 1.68. The van der Waals surface area contributed by atoms with Crippen molar-refractivity contribution >= 4 is 11.3 Å². The predicted octanol–water partition coefficient (Wildman–Crippen LogP) is 1.72.